The molecule has 124 valence electrons. The van der Waals surface area contributed by atoms with Gasteiger partial charge in [-0.2, -0.15) is 0 Å². The van der Waals surface area contributed by atoms with Gasteiger partial charge in [-0.3, -0.25) is 4.79 Å². The largest absolute Gasteiger partial charge is 0.462 e. The van der Waals surface area contributed by atoms with E-state index in [1.165, 1.54) is 0 Å². The number of halogens is 4. The molecule has 1 aromatic carbocycles. The minimum absolute atomic E-state index is 0.00776. The normalized spacial score (nSPS) is 11.0. The van der Waals surface area contributed by atoms with Crippen LogP contribution in [-0.4, -0.2) is 23.0 Å². The molecule has 2 aromatic rings. The molecule has 0 spiro atoms. The minimum atomic E-state index is -1.68. The smallest absolute Gasteiger partial charge is 0.343 e. The molecule has 0 amide bonds. The van der Waals surface area contributed by atoms with Crippen molar-refractivity contribution in [3.63, 3.8) is 0 Å². The lowest BCUT2D eigenvalue weighted by Gasteiger charge is -2.15. The molecule has 2 rings (SSSR count). The summed E-state index contributed by atoms with van der Waals surface area (Å²) in [4.78, 5) is 24.3. The van der Waals surface area contributed by atoms with Crippen molar-refractivity contribution in [1.29, 1.82) is 0 Å². The zero-order valence-corrected chi connectivity index (χ0v) is 13.1. The van der Waals surface area contributed by atoms with Crippen LogP contribution < -0.4 is 5.43 Å². The third-order valence-corrected chi connectivity index (χ3v) is 3.57. The van der Waals surface area contributed by atoms with Gasteiger partial charge < -0.3 is 9.30 Å². The maximum atomic E-state index is 14.1. The van der Waals surface area contributed by atoms with Crippen molar-refractivity contribution in [3.8, 4) is 0 Å². The molecule has 0 aliphatic heterocycles. The molecule has 4 nitrogen and oxygen atoms in total. The van der Waals surface area contributed by atoms with Gasteiger partial charge in [0.15, 0.2) is 17.5 Å². The molecule has 0 saturated heterocycles. The summed E-state index contributed by atoms with van der Waals surface area (Å²) in [6.45, 7) is 2.71. The number of hydrogen-bond donors (Lipinski definition) is 0. The maximum Gasteiger partial charge on any atom is 0.343 e. The quantitative estimate of drug-likeness (QED) is 0.485. The van der Waals surface area contributed by atoms with E-state index in [4.69, 9.17) is 16.3 Å². The van der Waals surface area contributed by atoms with E-state index in [1.54, 1.807) is 6.92 Å². The molecule has 0 bridgehead atoms. The molecule has 0 unspecified atom stereocenters. The first kappa shape index (κ1) is 17.3. The summed E-state index contributed by atoms with van der Waals surface area (Å²) in [5.74, 6) is -5.56. The highest BCUT2D eigenvalue weighted by Crippen LogP contribution is 2.26. The molecule has 8 heteroatoms. The molecule has 23 heavy (non-hydrogen) atoms. The van der Waals surface area contributed by atoms with Crippen LogP contribution >= 0.6 is 11.6 Å². The Labute approximate surface area is 134 Å². The Kier molecular flexibility index (Phi) is 4.99. The Morgan fingerprint density at radius 3 is 2.48 bits per heavy atom. The number of carbonyl (C=O) groups is 1. The number of hydrogen-bond acceptors (Lipinski definition) is 3. The molecule has 0 radical (unpaired) electrons. The molecular weight excluding hydrogens is 335 g/mol. The van der Waals surface area contributed by atoms with Crippen molar-refractivity contribution in [2.75, 3.05) is 12.5 Å². The number of rotatable bonds is 4. The Hall–Kier alpha value is -2.02. The van der Waals surface area contributed by atoms with Gasteiger partial charge in [0.1, 0.15) is 5.56 Å². The van der Waals surface area contributed by atoms with E-state index in [0.29, 0.717) is 0 Å². The minimum Gasteiger partial charge on any atom is -0.462 e. The predicted octanol–water partition coefficient (Wildman–Crippen LogP) is 3.14. The SMILES string of the molecule is CCOC(=O)c1cn(CCCl)c2c(F)c(F)c(F)c(C)c2c1=O. The molecule has 0 fully saturated rings. The number of nitrogens with zero attached hydrogens (tertiary/aromatic N) is 1. The van der Waals surface area contributed by atoms with Crippen molar-refractivity contribution in [2.24, 2.45) is 0 Å². The van der Waals surface area contributed by atoms with Crippen molar-refractivity contribution in [3.05, 3.63) is 45.0 Å². The lowest BCUT2D eigenvalue weighted by Crippen LogP contribution is -2.23. The summed E-state index contributed by atoms with van der Waals surface area (Å²) >= 11 is 5.63. The summed E-state index contributed by atoms with van der Waals surface area (Å²) in [6.07, 6.45) is 1.05. The average molecular weight is 348 g/mol. The maximum absolute atomic E-state index is 14.1. The van der Waals surface area contributed by atoms with Gasteiger partial charge in [0.25, 0.3) is 0 Å². The standard InChI is InChI=1S/C15H13ClF3NO3/c1-3-23-15(22)8-6-20(5-4-16)13-9(14(8)21)7(2)10(17)11(18)12(13)19/h6H,3-5H2,1-2H3. The van der Waals surface area contributed by atoms with E-state index < -0.39 is 45.3 Å². The zero-order chi connectivity index (χ0) is 17.3. The number of pyridine rings is 1. The summed E-state index contributed by atoms with van der Waals surface area (Å²) in [7, 11) is 0. The van der Waals surface area contributed by atoms with Gasteiger partial charge >= 0.3 is 5.97 Å². The highest BCUT2D eigenvalue weighted by Gasteiger charge is 2.25. The van der Waals surface area contributed by atoms with Crippen LogP contribution in [0.1, 0.15) is 22.8 Å². The van der Waals surface area contributed by atoms with Gasteiger partial charge in [-0.05, 0) is 13.8 Å². The number of fused-ring (bicyclic) bond motifs is 1. The predicted molar refractivity (Wildman–Crippen MR) is 79.5 cm³/mol. The summed E-state index contributed by atoms with van der Waals surface area (Å²) in [6, 6.07) is 0. The highest BCUT2D eigenvalue weighted by molar-refractivity contribution is 6.17. The van der Waals surface area contributed by atoms with Gasteiger partial charge in [-0.25, -0.2) is 18.0 Å². The first-order valence-corrected chi connectivity index (χ1v) is 7.31. The molecule has 1 heterocycles. The second-order valence-electron chi connectivity index (χ2n) is 4.77. The van der Waals surface area contributed by atoms with E-state index in [2.05, 4.69) is 0 Å². The lowest BCUT2D eigenvalue weighted by molar-refractivity contribution is 0.0524. The van der Waals surface area contributed by atoms with Crippen molar-refractivity contribution >= 4 is 28.5 Å². The second kappa shape index (κ2) is 6.62. The van der Waals surface area contributed by atoms with Crippen molar-refractivity contribution in [2.45, 2.75) is 20.4 Å². The molecule has 0 N–H and O–H groups in total. The summed E-state index contributed by atoms with van der Waals surface area (Å²) in [5.41, 5.74) is -2.11. The van der Waals surface area contributed by atoms with Crippen LogP contribution in [0.5, 0.6) is 0 Å². The number of aromatic nitrogens is 1. The Bertz CT molecular complexity index is 848. The van der Waals surface area contributed by atoms with Crippen LogP contribution in [-0.2, 0) is 11.3 Å². The fourth-order valence-electron chi connectivity index (χ4n) is 2.34. The Morgan fingerprint density at radius 2 is 1.91 bits per heavy atom. The van der Waals surface area contributed by atoms with E-state index in [9.17, 15) is 22.8 Å². The van der Waals surface area contributed by atoms with E-state index >= 15 is 0 Å². The molecule has 0 saturated carbocycles. The topological polar surface area (TPSA) is 48.3 Å². The van der Waals surface area contributed by atoms with Crippen molar-refractivity contribution < 1.29 is 22.7 Å². The molecule has 0 aliphatic rings. The zero-order valence-electron chi connectivity index (χ0n) is 12.4. The van der Waals surface area contributed by atoms with Gasteiger partial charge in [0.05, 0.1) is 17.5 Å². The van der Waals surface area contributed by atoms with Crippen LogP contribution in [0, 0.1) is 24.4 Å². The number of benzene rings is 1. The van der Waals surface area contributed by atoms with E-state index in [0.717, 1.165) is 17.7 Å². The monoisotopic (exact) mass is 347 g/mol. The lowest BCUT2D eigenvalue weighted by atomic mass is 10.0. The number of carbonyl (C=O) groups excluding carboxylic acids is 1. The number of alkyl halides is 1. The number of esters is 1. The van der Waals surface area contributed by atoms with Crippen LogP contribution in [0.25, 0.3) is 10.9 Å². The summed E-state index contributed by atoms with van der Waals surface area (Å²) < 4.78 is 47.5. The first-order chi connectivity index (χ1) is 10.8. The summed E-state index contributed by atoms with van der Waals surface area (Å²) in [5, 5.41) is -0.405. The first-order valence-electron chi connectivity index (χ1n) is 6.78. The third-order valence-electron chi connectivity index (χ3n) is 3.40. The average Bonchev–Trinajstić information content (AvgIpc) is 2.52. The molecular formula is C15H13ClF3NO3. The van der Waals surface area contributed by atoms with Crippen LogP contribution in [0.3, 0.4) is 0 Å². The third kappa shape index (κ3) is 2.81. The number of aryl methyl sites for hydroxylation is 2. The van der Waals surface area contributed by atoms with Crippen LogP contribution in [0.15, 0.2) is 11.0 Å². The van der Waals surface area contributed by atoms with Crippen LogP contribution in [0.4, 0.5) is 13.2 Å². The van der Waals surface area contributed by atoms with Crippen molar-refractivity contribution in [1.82, 2.24) is 4.57 Å². The fraction of sp³-hybridized carbons (Fsp3) is 0.333. The van der Waals surface area contributed by atoms with Crippen LogP contribution in [0.2, 0.25) is 0 Å². The van der Waals surface area contributed by atoms with Gasteiger partial charge in [-0.15, -0.1) is 11.6 Å². The molecule has 1 aromatic heterocycles. The Balaban J connectivity index is 2.99. The van der Waals surface area contributed by atoms with Gasteiger partial charge in [-0.1, -0.05) is 0 Å². The number of ether oxygens (including phenoxy) is 1. The molecule has 0 aliphatic carbocycles. The van der Waals surface area contributed by atoms with E-state index in [-0.39, 0.29) is 24.6 Å². The van der Waals surface area contributed by atoms with Gasteiger partial charge in [0.2, 0.25) is 5.43 Å². The fourth-order valence-corrected chi connectivity index (χ4v) is 2.53. The highest BCUT2D eigenvalue weighted by atomic mass is 35.5. The second-order valence-corrected chi connectivity index (χ2v) is 5.14. The van der Waals surface area contributed by atoms with Gasteiger partial charge in [0, 0.05) is 24.2 Å². The Morgan fingerprint density at radius 1 is 1.26 bits per heavy atom. The van der Waals surface area contributed by atoms with E-state index in [1.807, 2.05) is 0 Å². The molecule has 0 atom stereocenters.